The van der Waals surface area contributed by atoms with E-state index in [1.165, 1.54) is 11.3 Å². The van der Waals surface area contributed by atoms with Gasteiger partial charge in [-0.25, -0.2) is 9.79 Å². The third-order valence-electron chi connectivity index (χ3n) is 4.76. The maximum atomic E-state index is 12.8. The minimum absolute atomic E-state index is 0.405. The molecule has 0 saturated carbocycles. The van der Waals surface area contributed by atoms with Crippen molar-refractivity contribution in [3.63, 3.8) is 0 Å². The smallest absolute Gasteiger partial charge is 0.345 e. The van der Waals surface area contributed by atoms with Gasteiger partial charge < -0.3 is 4.42 Å². The van der Waals surface area contributed by atoms with Gasteiger partial charge in [-0.2, -0.15) is 0 Å². The van der Waals surface area contributed by atoms with Gasteiger partial charge >= 0.3 is 5.63 Å². The molecule has 0 amide bonds. The molecule has 0 radical (unpaired) electrons. The van der Waals surface area contributed by atoms with Gasteiger partial charge in [0.15, 0.2) is 4.80 Å². The molecule has 0 bridgehead atoms. The highest BCUT2D eigenvalue weighted by Crippen LogP contribution is 2.26. The highest BCUT2D eigenvalue weighted by atomic mass is 35.5. The van der Waals surface area contributed by atoms with Gasteiger partial charge in [0.1, 0.15) is 5.58 Å². The number of aromatic nitrogens is 1. The first-order chi connectivity index (χ1) is 15.1. The average Bonchev–Trinajstić information content (AvgIpc) is 3.18. The van der Waals surface area contributed by atoms with Gasteiger partial charge in [0.25, 0.3) is 0 Å². The van der Waals surface area contributed by atoms with Crippen LogP contribution >= 0.6 is 34.5 Å². The van der Waals surface area contributed by atoms with Gasteiger partial charge in [0, 0.05) is 26.5 Å². The second-order valence-corrected chi connectivity index (χ2v) is 8.50. The monoisotopic (exact) mass is 464 g/mol. The Balaban J connectivity index is 1.78. The minimum Gasteiger partial charge on any atom is -0.422 e. The van der Waals surface area contributed by atoms with E-state index in [9.17, 15) is 4.79 Å². The summed E-state index contributed by atoms with van der Waals surface area (Å²) < 4.78 is 7.49. The maximum Gasteiger partial charge on any atom is 0.345 e. The van der Waals surface area contributed by atoms with Crippen LogP contribution in [-0.4, -0.2) is 4.57 Å². The minimum atomic E-state index is -0.405. The fourth-order valence-corrected chi connectivity index (χ4v) is 4.45. The van der Waals surface area contributed by atoms with Crippen molar-refractivity contribution < 1.29 is 4.42 Å². The average molecular weight is 465 g/mol. The zero-order valence-electron chi connectivity index (χ0n) is 16.0. The number of halogens is 2. The largest absolute Gasteiger partial charge is 0.422 e. The number of hydrogen-bond acceptors (Lipinski definition) is 4. The van der Waals surface area contributed by atoms with Crippen molar-refractivity contribution in [3.8, 4) is 16.9 Å². The van der Waals surface area contributed by atoms with Crippen LogP contribution in [0.15, 0.2) is 98.4 Å². The second-order valence-electron chi connectivity index (χ2n) is 6.79. The van der Waals surface area contributed by atoms with E-state index in [4.69, 9.17) is 32.6 Å². The molecule has 0 spiro atoms. The summed E-state index contributed by atoms with van der Waals surface area (Å²) in [7, 11) is 0. The standard InChI is InChI=1S/C24H14Cl2N2O2S/c25-16-5-9-18(10-6-16)27-24-28(19-11-7-17(26)8-12-19)21(14-31-24)20-13-15-3-1-2-4-22(15)30-23(20)29/h1-14H. The number of fused-ring (bicyclic) bond motifs is 1. The van der Waals surface area contributed by atoms with Crippen molar-refractivity contribution in [2.75, 3.05) is 0 Å². The molecule has 2 aromatic heterocycles. The second kappa shape index (κ2) is 8.19. The highest BCUT2D eigenvalue weighted by molar-refractivity contribution is 7.07. The Hall–Kier alpha value is -3.12. The molecule has 3 aromatic carbocycles. The molecule has 5 rings (SSSR count). The lowest BCUT2D eigenvalue weighted by atomic mass is 10.1. The van der Waals surface area contributed by atoms with Gasteiger partial charge in [0.2, 0.25) is 0 Å². The number of para-hydroxylation sites is 1. The third-order valence-corrected chi connectivity index (χ3v) is 6.09. The summed E-state index contributed by atoms with van der Waals surface area (Å²) in [6.45, 7) is 0. The van der Waals surface area contributed by atoms with E-state index in [-0.39, 0.29) is 0 Å². The lowest BCUT2D eigenvalue weighted by molar-refractivity contribution is 0.563. The van der Waals surface area contributed by atoms with Crippen LogP contribution in [0.2, 0.25) is 10.0 Å². The number of benzene rings is 3. The van der Waals surface area contributed by atoms with Gasteiger partial charge in [-0.1, -0.05) is 41.4 Å². The molecule has 31 heavy (non-hydrogen) atoms. The molecule has 0 aliphatic rings. The van der Waals surface area contributed by atoms with E-state index in [0.29, 0.717) is 31.7 Å². The van der Waals surface area contributed by atoms with Crippen molar-refractivity contribution in [2.45, 2.75) is 0 Å². The quantitative estimate of drug-likeness (QED) is 0.274. The summed E-state index contributed by atoms with van der Waals surface area (Å²) in [5.74, 6) is 0. The van der Waals surface area contributed by atoms with Crippen molar-refractivity contribution in [1.82, 2.24) is 4.57 Å². The fourth-order valence-electron chi connectivity index (χ4n) is 3.28. The number of nitrogens with zero attached hydrogens (tertiary/aromatic N) is 2. The molecule has 152 valence electrons. The van der Waals surface area contributed by atoms with Crippen LogP contribution < -0.4 is 10.4 Å². The SMILES string of the molecule is O=c1oc2ccccc2cc1-c1csc(=Nc2ccc(Cl)cc2)n1-c1ccc(Cl)cc1. The molecule has 0 fully saturated rings. The molecule has 0 saturated heterocycles. The highest BCUT2D eigenvalue weighted by Gasteiger charge is 2.15. The Bertz CT molecular complexity index is 1510. The lowest BCUT2D eigenvalue weighted by Gasteiger charge is -2.09. The number of rotatable bonds is 3. The van der Waals surface area contributed by atoms with E-state index >= 15 is 0 Å². The molecule has 0 aliphatic heterocycles. The fraction of sp³-hybridized carbons (Fsp3) is 0. The molecular formula is C24H14Cl2N2O2S. The van der Waals surface area contributed by atoms with Gasteiger partial charge in [0.05, 0.1) is 16.9 Å². The van der Waals surface area contributed by atoms with Crippen molar-refractivity contribution in [3.05, 3.63) is 110 Å². The first kappa shape index (κ1) is 19.8. The summed E-state index contributed by atoms with van der Waals surface area (Å²) >= 11 is 13.5. The van der Waals surface area contributed by atoms with Crippen LogP contribution in [-0.2, 0) is 0 Å². The predicted molar refractivity (Wildman–Crippen MR) is 127 cm³/mol. The Morgan fingerprint density at radius 1 is 0.871 bits per heavy atom. The maximum absolute atomic E-state index is 12.8. The predicted octanol–water partition coefficient (Wildman–Crippen LogP) is 6.85. The molecule has 0 aliphatic carbocycles. The molecule has 0 unspecified atom stereocenters. The summed E-state index contributed by atoms with van der Waals surface area (Å²) in [6.07, 6.45) is 0. The van der Waals surface area contributed by atoms with E-state index in [1.807, 2.05) is 58.5 Å². The van der Waals surface area contributed by atoms with E-state index in [0.717, 1.165) is 16.8 Å². The number of hydrogen-bond donors (Lipinski definition) is 0. The zero-order chi connectivity index (χ0) is 21.4. The Morgan fingerprint density at radius 2 is 1.55 bits per heavy atom. The van der Waals surface area contributed by atoms with Crippen LogP contribution in [0.4, 0.5) is 5.69 Å². The van der Waals surface area contributed by atoms with Crippen LogP contribution in [0.3, 0.4) is 0 Å². The van der Waals surface area contributed by atoms with Gasteiger partial charge in [-0.15, -0.1) is 11.3 Å². The summed E-state index contributed by atoms with van der Waals surface area (Å²) in [6, 6.07) is 24.0. The first-order valence-corrected chi connectivity index (χ1v) is 11.0. The number of thiazole rings is 1. The topological polar surface area (TPSA) is 47.5 Å². The van der Waals surface area contributed by atoms with Crippen molar-refractivity contribution in [1.29, 1.82) is 0 Å². The Kier molecular flexibility index (Phi) is 5.24. The summed E-state index contributed by atoms with van der Waals surface area (Å²) in [5.41, 5.74) is 2.89. The van der Waals surface area contributed by atoms with Crippen molar-refractivity contribution >= 4 is 51.2 Å². The molecule has 0 N–H and O–H groups in total. The van der Waals surface area contributed by atoms with E-state index in [2.05, 4.69) is 0 Å². The molecule has 4 nitrogen and oxygen atoms in total. The first-order valence-electron chi connectivity index (χ1n) is 9.38. The zero-order valence-corrected chi connectivity index (χ0v) is 18.3. The summed E-state index contributed by atoms with van der Waals surface area (Å²) in [4.78, 5) is 18.3. The van der Waals surface area contributed by atoms with Gasteiger partial charge in [-0.05, 0) is 60.7 Å². The van der Waals surface area contributed by atoms with Gasteiger partial charge in [-0.3, -0.25) is 4.57 Å². The normalized spacial score (nSPS) is 11.9. The molecular weight excluding hydrogens is 451 g/mol. The van der Waals surface area contributed by atoms with Crippen LogP contribution in [0.25, 0.3) is 27.9 Å². The van der Waals surface area contributed by atoms with Crippen LogP contribution in [0, 0.1) is 0 Å². The Morgan fingerprint density at radius 3 is 2.29 bits per heavy atom. The van der Waals surface area contributed by atoms with E-state index < -0.39 is 5.63 Å². The third kappa shape index (κ3) is 3.95. The molecule has 0 atom stereocenters. The van der Waals surface area contributed by atoms with Crippen LogP contribution in [0.1, 0.15) is 0 Å². The molecule has 7 heteroatoms. The van der Waals surface area contributed by atoms with E-state index in [1.54, 1.807) is 30.3 Å². The van der Waals surface area contributed by atoms with Crippen molar-refractivity contribution in [2.24, 2.45) is 4.99 Å². The van der Waals surface area contributed by atoms with Crippen LogP contribution in [0.5, 0.6) is 0 Å². The lowest BCUT2D eigenvalue weighted by Crippen LogP contribution is -2.16. The molecule has 2 heterocycles. The Labute approximate surface area is 191 Å². The summed E-state index contributed by atoms with van der Waals surface area (Å²) in [5, 5.41) is 4.03. The molecule has 5 aromatic rings.